The summed E-state index contributed by atoms with van der Waals surface area (Å²) in [6.07, 6.45) is 4.55. The van der Waals surface area contributed by atoms with E-state index in [1.807, 2.05) is 0 Å². The topological polar surface area (TPSA) is 76.6 Å². The third-order valence-corrected chi connectivity index (χ3v) is 3.19. The van der Waals surface area contributed by atoms with Crippen LogP contribution in [0.2, 0.25) is 0 Å². The van der Waals surface area contributed by atoms with Gasteiger partial charge >= 0.3 is 5.97 Å². The van der Waals surface area contributed by atoms with Crippen LogP contribution in [-0.4, -0.2) is 25.3 Å². The highest BCUT2D eigenvalue weighted by molar-refractivity contribution is 5.88. The summed E-state index contributed by atoms with van der Waals surface area (Å²) in [5, 5.41) is 12.8. The number of hydrogen-bond donors (Lipinski definition) is 1. The molecule has 0 saturated heterocycles. The van der Waals surface area contributed by atoms with Gasteiger partial charge in [0.25, 0.3) is 5.56 Å². The molecule has 0 radical (unpaired) electrons. The molecule has 0 unspecified atom stereocenters. The van der Waals surface area contributed by atoms with Gasteiger partial charge in [0.1, 0.15) is 11.3 Å². The number of carboxylic acid groups (broad SMARTS) is 1. The highest BCUT2D eigenvalue weighted by Crippen LogP contribution is 2.14. The van der Waals surface area contributed by atoms with Crippen molar-refractivity contribution < 1.29 is 14.3 Å². The normalized spacial score (nSPS) is 10.9. The van der Waals surface area contributed by atoms with Crippen molar-refractivity contribution in [2.45, 2.75) is 6.54 Å². The molecule has 1 aromatic carbocycles. The molecule has 0 saturated carbocycles. The van der Waals surface area contributed by atoms with Crippen molar-refractivity contribution in [3.8, 4) is 0 Å². The molecular weight excluding hydrogens is 277 g/mol. The molecule has 3 rings (SSSR count). The van der Waals surface area contributed by atoms with Crippen molar-refractivity contribution in [3.05, 3.63) is 70.2 Å². The molecule has 21 heavy (non-hydrogen) atoms. The van der Waals surface area contributed by atoms with E-state index >= 15 is 0 Å². The van der Waals surface area contributed by atoms with Crippen molar-refractivity contribution in [1.29, 1.82) is 0 Å². The molecule has 106 valence electrons. The number of halogens is 1. The van der Waals surface area contributed by atoms with Crippen molar-refractivity contribution >= 4 is 11.5 Å². The van der Waals surface area contributed by atoms with Crippen LogP contribution in [0.1, 0.15) is 15.9 Å². The van der Waals surface area contributed by atoms with Gasteiger partial charge in [0.15, 0.2) is 0 Å². The number of hydrogen-bond acceptors (Lipinski definition) is 3. The molecular formula is C14H10FN3O3. The van der Waals surface area contributed by atoms with E-state index in [9.17, 15) is 14.0 Å². The molecule has 3 aromatic rings. The Hall–Kier alpha value is -2.96. The van der Waals surface area contributed by atoms with Crippen LogP contribution >= 0.6 is 0 Å². The number of benzene rings is 1. The summed E-state index contributed by atoms with van der Waals surface area (Å²) < 4.78 is 16.8. The SMILES string of the molecule is O=C(O)c1cccc(Cn2ccn3nccc3c2=O)c1F. The van der Waals surface area contributed by atoms with Gasteiger partial charge in [-0.1, -0.05) is 12.1 Å². The van der Waals surface area contributed by atoms with Gasteiger partial charge in [-0.3, -0.25) is 4.79 Å². The van der Waals surface area contributed by atoms with Gasteiger partial charge in [-0.25, -0.2) is 13.7 Å². The van der Waals surface area contributed by atoms with Crippen LogP contribution in [0.25, 0.3) is 5.52 Å². The summed E-state index contributed by atoms with van der Waals surface area (Å²) in [4.78, 5) is 23.1. The highest BCUT2D eigenvalue weighted by atomic mass is 19.1. The lowest BCUT2D eigenvalue weighted by atomic mass is 10.1. The molecule has 0 bridgehead atoms. The zero-order chi connectivity index (χ0) is 15.0. The van der Waals surface area contributed by atoms with E-state index in [4.69, 9.17) is 5.11 Å². The zero-order valence-corrected chi connectivity index (χ0v) is 10.7. The fourth-order valence-electron chi connectivity index (χ4n) is 2.14. The Morgan fingerprint density at radius 2 is 2.10 bits per heavy atom. The van der Waals surface area contributed by atoms with E-state index in [-0.39, 0.29) is 17.7 Å². The molecule has 0 aliphatic rings. The van der Waals surface area contributed by atoms with Crippen molar-refractivity contribution in [1.82, 2.24) is 14.2 Å². The molecule has 0 aliphatic carbocycles. The Balaban J connectivity index is 2.07. The first-order valence-corrected chi connectivity index (χ1v) is 6.11. The van der Waals surface area contributed by atoms with E-state index in [1.165, 1.54) is 39.7 Å². The number of fused-ring (bicyclic) bond motifs is 1. The Kier molecular flexibility index (Phi) is 3.02. The fourth-order valence-corrected chi connectivity index (χ4v) is 2.14. The lowest BCUT2D eigenvalue weighted by Gasteiger charge is -2.08. The number of carbonyl (C=O) groups is 1. The van der Waals surface area contributed by atoms with E-state index in [2.05, 4.69) is 5.10 Å². The smallest absolute Gasteiger partial charge is 0.338 e. The molecule has 0 aliphatic heterocycles. The fraction of sp³-hybridized carbons (Fsp3) is 0.0714. The predicted octanol–water partition coefficient (Wildman–Crippen LogP) is 1.38. The standard InChI is InChI=1S/C14H10FN3O3/c15-12-9(2-1-3-10(12)14(20)21)8-17-6-7-18-11(13(17)19)4-5-16-18/h1-7H,8H2,(H,20,21). The molecule has 6 nitrogen and oxygen atoms in total. The highest BCUT2D eigenvalue weighted by Gasteiger charge is 2.14. The number of aromatic carboxylic acids is 1. The minimum Gasteiger partial charge on any atom is -0.478 e. The predicted molar refractivity (Wildman–Crippen MR) is 71.9 cm³/mol. The van der Waals surface area contributed by atoms with Crippen LogP contribution < -0.4 is 5.56 Å². The van der Waals surface area contributed by atoms with Gasteiger partial charge in [0.2, 0.25) is 0 Å². The second kappa shape index (κ2) is 4.86. The van der Waals surface area contributed by atoms with Gasteiger partial charge in [0.05, 0.1) is 18.3 Å². The van der Waals surface area contributed by atoms with Gasteiger partial charge in [-0.15, -0.1) is 0 Å². The minimum absolute atomic E-state index is 0.0481. The molecule has 7 heteroatoms. The van der Waals surface area contributed by atoms with Crippen LogP contribution in [0.15, 0.2) is 47.7 Å². The average molecular weight is 287 g/mol. The first-order valence-electron chi connectivity index (χ1n) is 6.11. The molecule has 0 fully saturated rings. The van der Waals surface area contributed by atoms with Crippen molar-refractivity contribution in [2.75, 3.05) is 0 Å². The average Bonchev–Trinajstić information content (AvgIpc) is 2.93. The summed E-state index contributed by atoms with van der Waals surface area (Å²) in [6.45, 7) is -0.0481. The Labute approximate surface area is 117 Å². The van der Waals surface area contributed by atoms with Crippen LogP contribution in [0, 0.1) is 5.82 Å². The zero-order valence-electron chi connectivity index (χ0n) is 10.7. The van der Waals surface area contributed by atoms with Crippen molar-refractivity contribution in [2.24, 2.45) is 0 Å². The lowest BCUT2D eigenvalue weighted by Crippen LogP contribution is -2.22. The second-order valence-electron chi connectivity index (χ2n) is 4.48. The number of carboxylic acids is 1. The molecule has 2 aromatic heterocycles. The van der Waals surface area contributed by atoms with Gasteiger partial charge in [-0.2, -0.15) is 5.10 Å². The van der Waals surface area contributed by atoms with E-state index < -0.39 is 17.3 Å². The number of rotatable bonds is 3. The van der Waals surface area contributed by atoms with Crippen LogP contribution in [0.4, 0.5) is 4.39 Å². The first kappa shape index (κ1) is 13.0. The third-order valence-electron chi connectivity index (χ3n) is 3.19. The maximum Gasteiger partial charge on any atom is 0.338 e. The monoisotopic (exact) mass is 287 g/mol. The maximum atomic E-state index is 14.1. The summed E-state index contributed by atoms with van der Waals surface area (Å²) in [6, 6.07) is 5.64. The van der Waals surface area contributed by atoms with Crippen molar-refractivity contribution in [3.63, 3.8) is 0 Å². The number of aromatic nitrogens is 3. The maximum absolute atomic E-state index is 14.1. The van der Waals surface area contributed by atoms with Crippen LogP contribution in [0.3, 0.4) is 0 Å². The molecule has 1 N–H and O–H groups in total. The summed E-state index contributed by atoms with van der Waals surface area (Å²) in [7, 11) is 0. The quantitative estimate of drug-likeness (QED) is 0.789. The Morgan fingerprint density at radius 3 is 2.86 bits per heavy atom. The van der Waals surface area contributed by atoms with Gasteiger partial charge < -0.3 is 9.67 Å². The molecule has 0 amide bonds. The second-order valence-corrected chi connectivity index (χ2v) is 4.48. The lowest BCUT2D eigenvalue weighted by molar-refractivity contribution is 0.0691. The Bertz CT molecular complexity index is 898. The third kappa shape index (κ3) is 2.18. The Morgan fingerprint density at radius 1 is 1.29 bits per heavy atom. The summed E-state index contributed by atoms with van der Waals surface area (Å²) in [5.41, 5.74) is -0.228. The van der Waals surface area contributed by atoms with E-state index in [0.717, 1.165) is 0 Å². The van der Waals surface area contributed by atoms with E-state index in [1.54, 1.807) is 12.3 Å². The van der Waals surface area contributed by atoms with E-state index in [0.29, 0.717) is 5.52 Å². The van der Waals surface area contributed by atoms with Gasteiger partial charge in [0, 0.05) is 18.0 Å². The molecule has 2 heterocycles. The molecule has 0 atom stereocenters. The van der Waals surface area contributed by atoms with Crippen LogP contribution in [-0.2, 0) is 6.54 Å². The molecule has 0 spiro atoms. The first-order chi connectivity index (χ1) is 10.1. The van der Waals surface area contributed by atoms with Gasteiger partial charge in [-0.05, 0) is 12.1 Å². The van der Waals surface area contributed by atoms with Crippen LogP contribution in [0.5, 0.6) is 0 Å². The minimum atomic E-state index is -1.34. The largest absolute Gasteiger partial charge is 0.478 e. The summed E-state index contributed by atoms with van der Waals surface area (Å²) >= 11 is 0. The number of nitrogens with zero attached hydrogens (tertiary/aromatic N) is 3. The summed E-state index contributed by atoms with van der Waals surface area (Å²) in [5.74, 6) is -2.17.